The molecule has 0 aliphatic rings. The minimum atomic E-state index is -0.0249. The molecule has 29 heavy (non-hydrogen) atoms. The van der Waals surface area contributed by atoms with Crippen LogP contribution < -0.4 is 14.5 Å². The van der Waals surface area contributed by atoms with Gasteiger partial charge < -0.3 is 9.64 Å². The Morgan fingerprint density at radius 3 is 2.59 bits per heavy atom. The van der Waals surface area contributed by atoms with Crippen LogP contribution in [0.2, 0.25) is 0 Å². The number of para-hydroxylation sites is 1. The Bertz CT molecular complexity index is 950. The van der Waals surface area contributed by atoms with E-state index in [0.29, 0.717) is 18.7 Å². The molecular weight excluding hydrogens is 382 g/mol. The third kappa shape index (κ3) is 5.34. The zero-order valence-electron chi connectivity index (χ0n) is 17.7. The van der Waals surface area contributed by atoms with E-state index in [9.17, 15) is 4.79 Å². The minimum absolute atomic E-state index is 0.0249. The lowest BCUT2D eigenvalue weighted by atomic mass is 10.2. The summed E-state index contributed by atoms with van der Waals surface area (Å²) in [6, 6.07) is 13.6. The van der Waals surface area contributed by atoms with E-state index in [2.05, 4.69) is 40.1 Å². The summed E-state index contributed by atoms with van der Waals surface area (Å²) in [5.74, 6) is 0.776. The van der Waals surface area contributed by atoms with Gasteiger partial charge in [-0.3, -0.25) is 9.69 Å². The lowest BCUT2D eigenvalue weighted by Gasteiger charge is -2.21. The summed E-state index contributed by atoms with van der Waals surface area (Å²) in [6.45, 7) is 6.36. The maximum atomic E-state index is 13.3. The van der Waals surface area contributed by atoms with Gasteiger partial charge in [-0.15, -0.1) is 0 Å². The normalized spacial score (nSPS) is 11.2. The van der Waals surface area contributed by atoms with Crippen LogP contribution in [0.1, 0.15) is 35.7 Å². The summed E-state index contributed by atoms with van der Waals surface area (Å²) in [6.07, 6.45) is 2.12. The van der Waals surface area contributed by atoms with Crippen molar-refractivity contribution in [2.45, 2.75) is 26.7 Å². The van der Waals surface area contributed by atoms with E-state index in [0.717, 1.165) is 46.0 Å². The predicted molar refractivity (Wildman–Crippen MR) is 121 cm³/mol. The maximum Gasteiger partial charge on any atom is 0.260 e. The number of nitrogens with zero attached hydrogens (tertiary/aromatic N) is 2. The van der Waals surface area contributed by atoms with Gasteiger partial charge in [-0.1, -0.05) is 36.8 Å². The largest absolute Gasteiger partial charge is 0.494 e. The van der Waals surface area contributed by atoms with Gasteiger partial charge in [0.05, 0.1) is 44.0 Å². The highest BCUT2D eigenvalue weighted by Crippen LogP contribution is 2.31. The molecular formula is C23H30N3O2S+. The SMILES string of the molecule is CCCCOc1ccc(C(=O)N(CC[NH+](C)C)c2nc3c(C)cccc3s2)cc1. The number of benzene rings is 2. The van der Waals surface area contributed by atoms with Gasteiger partial charge in [-0.05, 0) is 49.2 Å². The fourth-order valence-corrected chi connectivity index (χ4v) is 4.06. The Labute approximate surface area is 176 Å². The summed E-state index contributed by atoms with van der Waals surface area (Å²) in [5.41, 5.74) is 2.75. The van der Waals surface area contributed by atoms with Crippen molar-refractivity contribution in [2.24, 2.45) is 0 Å². The van der Waals surface area contributed by atoms with Gasteiger partial charge >= 0.3 is 0 Å². The molecule has 3 aromatic rings. The predicted octanol–water partition coefficient (Wildman–Crippen LogP) is 3.57. The molecule has 0 atom stereocenters. The van der Waals surface area contributed by atoms with Crippen molar-refractivity contribution < 1.29 is 14.4 Å². The van der Waals surface area contributed by atoms with Crippen LogP contribution in [-0.2, 0) is 0 Å². The standard InChI is InChI=1S/C23H29N3O2S/c1-5-6-16-28-19-12-10-18(11-13-19)22(27)26(15-14-25(3)4)23-24-21-17(2)8-7-9-20(21)29-23/h7-13H,5-6,14-16H2,1-4H3/p+1. The van der Waals surface area contributed by atoms with Crippen LogP contribution in [0.3, 0.4) is 0 Å². The molecule has 6 heteroatoms. The number of carbonyl (C=O) groups excluding carboxylic acids is 1. The van der Waals surface area contributed by atoms with E-state index < -0.39 is 0 Å². The van der Waals surface area contributed by atoms with Crippen molar-refractivity contribution in [3.05, 3.63) is 53.6 Å². The van der Waals surface area contributed by atoms with Crippen molar-refractivity contribution in [3.63, 3.8) is 0 Å². The molecule has 0 saturated heterocycles. The third-order valence-electron chi connectivity index (χ3n) is 4.79. The highest BCUT2D eigenvalue weighted by Gasteiger charge is 2.22. The minimum Gasteiger partial charge on any atom is -0.494 e. The Balaban J connectivity index is 1.85. The second-order valence-electron chi connectivity index (χ2n) is 7.56. The van der Waals surface area contributed by atoms with Crippen LogP contribution in [0.15, 0.2) is 42.5 Å². The zero-order valence-corrected chi connectivity index (χ0v) is 18.5. The fraction of sp³-hybridized carbons (Fsp3) is 0.391. The summed E-state index contributed by atoms with van der Waals surface area (Å²) in [5, 5.41) is 0.754. The number of thiazole rings is 1. The first-order valence-electron chi connectivity index (χ1n) is 10.2. The lowest BCUT2D eigenvalue weighted by molar-refractivity contribution is -0.856. The number of nitrogens with one attached hydrogen (secondary N) is 1. The second-order valence-corrected chi connectivity index (χ2v) is 8.57. The van der Waals surface area contributed by atoms with Crippen molar-refractivity contribution in [1.82, 2.24) is 4.98 Å². The molecule has 1 amide bonds. The van der Waals surface area contributed by atoms with Gasteiger partial charge in [-0.25, -0.2) is 4.98 Å². The summed E-state index contributed by atoms with van der Waals surface area (Å²) in [7, 11) is 4.18. The molecule has 154 valence electrons. The highest BCUT2D eigenvalue weighted by molar-refractivity contribution is 7.22. The molecule has 1 heterocycles. The van der Waals surface area contributed by atoms with Crippen LogP contribution in [0, 0.1) is 6.92 Å². The number of aryl methyl sites for hydroxylation is 1. The van der Waals surface area contributed by atoms with E-state index in [1.54, 1.807) is 11.3 Å². The van der Waals surface area contributed by atoms with E-state index in [4.69, 9.17) is 9.72 Å². The molecule has 5 nitrogen and oxygen atoms in total. The molecule has 0 saturated carbocycles. The van der Waals surface area contributed by atoms with Gasteiger partial charge in [0, 0.05) is 5.56 Å². The van der Waals surface area contributed by atoms with Gasteiger partial charge in [-0.2, -0.15) is 0 Å². The molecule has 0 fully saturated rings. The van der Waals surface area contributed by atoms with Crippen LogP contribution in [0.5, 0.6) is 5.75 Å². The lowest BCUT2D eigenvalue weighted by Crippen LogP contribution is -3.06. The summed E-state index contributed by atoms with van der Waals surface area (Å²) < 4.78 is 6.83. The third-order valence-corrected chi connectivity index (χ3v) is 5.83. The number of hydrogen-bond donors (Lipinski definition) is 1. The molecule has 1 aromatic heterocycles. The maximum absolute atomic E-state index is 13.3. The van der Waals surface area contributed by atoms with E-state index in [-0.39, 0.29) is 5.91 Å². The van der Waals surface area contributed by atoms with Crippen molar-refractivity contribution in [2.75, 3.05) is 38.7 Å². The van der Waals surface area contributed by atoms with Crippen LogP contribution in [-0.4, -0.2) is 44.7 Å². The van der Waals surface area contributed by atoms with Crippen LogP contribution >= 0.6 is 11.3 Å². The zero-order chi connectivity index (χ0) is 20.8. The number of ether oxygens (including phenoxy) is 1. The Kier molecular flexibility index (Phi) is 7.23. The Morgan fingerprint density at radius 1 is 1.17 bits per heavy atom. The number of quaternary nitrogens is 1. The van der Waals surface area contributed by atoms with Gasteiger partial charge in [0.25, 0.3) is 5.91 Å². The molecule has 0 bridgehead atoms. The molecule has 0 aliphatic heterocycles. The number of unbranched alkanes of at least 4 members (excludes halogenated alkanes) is 1. The van der Waals surface area contributed by atoms with Crippen LogP contribution in [0.25, 0.3) is 10.2 Å². The first kappa shape index (κ1) is 21.3. The summed E-state index contributed by atoms with van der Waals surface area (Å²) in [4.78, 5) is 21.2. The second kappa shape index (κ2) is 9.85. The van der Waals surface area contributed by atoms with Gasteiger partial charge in [0.15, 0.2) is 5.13 Å². The molecule has 3 rings (SSSR count). The molecule has 2 aromatic carbocycles. The molecule has 1 N–H and O–H groups in total. The van der Waals surface area contributed by atoms with E-state index in [1.165, 1.54) is 4.90 Å². The highest BCUT2D eigenvalue weighted by atomic mass is 32.1. The first-order valence-corrected chi connectivity index (χ1v) is 11.0. The van der Waals surface area contributed by atoms with Crippen LogP contribution in [0.4, 0.5) is 5.13 Å². The topological polar surface area (TPSA) is 46.9 Å². The van der Waals surface area contributed by atoms with Crippen molar-refractivity contribution >= 4 is 32.6 Å². The van der Waals surface area contributed by atoms with Gasteiger partial charge in [0.2, 0.25) is 0 Å². The molecule has 0 unspecified atom stereocenters. The number of fused-ring (bicyclic) bond motifs is 1. The Morgan fingerprint density at radius 2 is 1.93 bits per heavy atom. The number of hydrogen-bond acceptors (Lipinski definition) is 4. The number of anilines is 1. The smallest absolute Gasteiger partial charge is 0.260 e. The summed E-state index contributed by atoms with van der Waals surface area (Å²) >= 11 is 1.57. The van der Waals surface area contributed by atoms with E-state index >= 15 is 0 Å². The average molecular weight is 413 g/mol. The number of aromatic nitrogens is 1. The number of likely N-dealkylation sites (N-methyl/N-ethyl adjacent to an activating group) is 1. The molecule has 0 aliphatic carbocycles. The Hall–Kier alpha value is -2.44. The van der Waals surface area contributed by atoms with Crippen molar-refractivity contribution in [3.8, 4) is 5.75 Å². The monoisotopic (exact) mass is 412 g/mol. The van der Waals surface area contributed by atoms with Crippen molar-refractivity contribution in [1.29, 1.82) is 0 Å². The quantitative estimate of drug-likeness (QED) is 0.547. The van der Waals surface area contributed by atoms with Gasteiger partial charge in [0.1, 0.15) is 5.75 Å². The van der Waals surface area contributed by atoms with E-state index in [1.807, 2.05) is 35.2 Å². The molecule has 0 spiro atoms. The average Bonchev–Trinajstić information content (AvgIpc) is 3.14. The number of carbonyl (C=O) groups is 1. The first-order chi connectivity index (χ1) is 14.0. The fourth-order valence-electron chi connectivity index (χ4n) is 2.99. The number of rotatable bonds is 9. The molecule has 0 radical (unpaired) electrons. The number of amides is 1.